The Bertz CT molecular complexity index is 2110. The summed E-state index contributed by atoms with van der Waals surface area (Å²) in [5.41, 5.74) is 0. The van der Waals surface area contributed by atoms with Crippen LogP contribution in [0.25, 0.3) is 53.9 Å². The highest BCUT2D eigenvalue weighted by Gasteiger charge is 1.90. The van der Waals surface area contributed by atoms with E-state index in [1.165, 1.54) is 86.0 Å². The molecule has 10 aromatic carbocycles. The Morgan fingerprint density at radius 3 is 0.298 bits per heavy atom. The molecule has 94 heavy (non-hydrogen) atoms. The van der Waals surface area contributed by atoms with Gasteiger partial charge < -0.3 is 4.74 Å². The highest BCUT2D eigenvalue weighted by molar-refractivity contribution is 9.08. The topological polar surface area (TPSA) is 9.23 Å². The number of methoxy groups -OCH3 is 1. The van der Waals surface area contributed by atoms with E-state index in [0.717, 1.165) is 29.6 Å². The Morgan fingerprint density at radius 1 is 0.223 bits per heavy atom. The SMILES string of the molecule is C.C.C.C.C.C.C.C.C.C.CBr.CC.CCC(C)C.CCC(C)C.CCC(C)C.CCC(C)C.CCC(C)C.COC.CS.c1ccc2ccccc2c1.c1ccc2ccccc2c1.c1ccc2ccccc2c1.c1ccc2ccccc2c1.c1ccc2ccccc2c1. The van der Waals surface area contributed by atoms with E-state index >= 15 is 0 Å². The van der Waals surface area contributed by atoms with Crippen LogP contribution in [0, 0.1) is 29.6 Å². The summed E-state index contributed by atoms with van der Waals surface area (Å²) in [6, 6.07) is 83.6. The Labute approximate surface area is 605 Å². The number of benzene rings is 10. The minimum Gasteiger partial charge on any atom is -0.388 e. The predicted molar refractivity (Wildman–Crippen MR) is 467 cm³/mol. The van der Waals surface area contributed by atoms with Gasteiger partial charge in [-0.15, -0.1) is 0 Å². The van der Waals surface area contributed by atoms with Gasteiger partial charge in [-0.05, 0) is 95.5 Å². The Balaban J connectivity index is -0.0000000623. The number of rotatable bonds is 5. The van der Waals surface area contributed by atoms with Crippen molar-refractivity contribution in [2.75, 3.05) is 26.3 Å². The fourth-order valence-corrected chi connectivity index (χ4v) is 5.66. The summed E-state index contributed by atoms with van der Waals surface area (Å²) in [6.07, 6.45) is 8.22. The first kappa shape index (κ1) is 122. The van der Waals surface area contributed by atoms with Gasteiger partial charge >= 0.3 is 0 Å². The summed E-state index contributed by atoms with van der Waals surface area (Å²) in [6.45, 7) is 37.2. The van der Waals surface area contributed by atoms with E-state index in [1.807, 2.05) is 19.7 Å². The molecule has 0 radical (unpaired) electrons. The van der Waals surface area contributed by atoms with Crippen LogP contribution in [0.4, 0.5) is 0 Å². The zero-order valence-electron chi connectivity index (χ0n) is 56.7. The van der Waals surface area contributed by atoms with Gasteiger partial charge in [-0.1, -0.05) is 483 Å². The number of halogens is 1. The molecule has 0 aliphatic heterocycles. The minimum atomic E-state index is 0. The van der Waals surface area contributed by atoms with Gasteiger partial charge in [-0.3, -0.25) is 0 Å². The zero-order valence-corrected chi connectivity index (χ0v) is 59.2. The minimum absolute atomic E-state index is 0. The van der Waals surface area contributed by atoms with Crippen molar-refractivity contribution in [3.05, 3.63) is 243 Å². The van der Waals surface area contributed by atoms with Crippen LogP contribution < -0.4 is 0 Å². The van der Waals surface area contributed by atoms with Crippen LogP contribution in [-0.4, -0.2) is 26.3 Å². The molecule has 0 aliphatic rings. The number of fused-ring (bicyclic) bond motifs is 5. The first-order valence-corrected chi connectivity index (χ1v) is 33.5. The maximum atomic E-state index is 4.25. The molecule has 10 rings (SSSR count). The standard InChI is InChI=1S/5C10H8.5C5H12.C2H6O.C2H6.CH3Br.CH4S.10CH4/c5*1-2-6-10-8-4-3-7-9(10)5-1;5*1-4-5(2)3;1-3-2;3*1-2;;;;;;;;;;/h5*1-8H;5*5H,4H2,1-3H3;1-2H3;1-2H3;1H3;2H,1H3;10*1H4. The first-order valence-electron chi connectivity index (χ1n) is 31.0. The molecule has 0 saturated heterocycles. The number of hydrogen-bond donors (Lipinski definition) is 1. The number of hydrogen-bond acceptors (Lipinski definition) is 2. The lowest BCUT2D eigenvalue weighted by atomic mass is 10.1. The summed E-state index contributed by atoms with van der Waals surface area (Å²) >= 11 is 6.47. The Hall–Kier alpha value is -5.71. The van der Waals surface area contributed by atoms with Crippen molar-refractivity contribution in [1.29, 1.82) is 0 Å². The van der Waals surface area contributed by atoms with Gasteiger partial charge in [-0.25, -0.2) is 0 Å². The molecule has 0 aromatic heterocycles. The average molecular weight is 1380 g/mol. The summed E-state index contributed by atoms with van der Waals surface area (Å²) in [5, 5.41) is 13.1. The van der Waals surface area contributed by atoms with Crippen molar-refractivity contribution < 1.29 is 4.74 Å². The molecule has 542 valence electrons. The maximum absolute atomic E-state index is 4.25. The highest BCUT2D eigenvalue weighted by atomic mass is 79.9. The number of alkyl halides is 1. The van der Waals surface area contributed by atoms with Gasteiger partial charge in [0, 0.05) is 14.2 Å². The third kappa shape index (κ3) is 70.6. The van der Waals surface area contributed by atoms with Crippen LogP contribution in [0.15, 0.2) is 243 Å². The smallest absolute Gasteiger partial charge is 0.0351 e. The van der Waals surface area contributed by atoms with E-state index in [9.17, 15) is 0 Å². The lowest BCUT2D eigenvalue weighted by Crippen LogP contribution is -1.77. The van der Waals surface area contributed by atoms with Gasteiger partial charge in [0.25, 0.3) is 0 Å². The summed E-state index contributed by atoms with van der Waals surface area (Å²) < 4.78 is 4.25. The van der Waals surface area contributed by atoms with E-state index < -0.39 is 0 Å². The monoisotopic (exact) mass is 1380 g/mol. The average Bonchev–Trinajstić information content (AvgIpc) is 1.05. The second-order valence-electron chi connectivity index (χ2n) is 21.2. The quantitative estimate of drug-likeness (QED) is 0.133. The van der Waals surface area contributed by atoms with Crippen LogP contribution in [0.1, 0.15) is 224 Å². The van der Waals surface area contributed by atoms with Crippen molar-refractivity contribution in [1.82, 2.24) is 0 Å². The molecule has 0 aliphatic carbocycles. The number of thiol groups is 1. The van der Waals surface area contributed by atoms with Gasteiger partial charge in [0.05, 0.1) is 0 Å². The molecule has 0 N–H and O–H groups in total. The third-order valence-corrected chi connectivity index (χ3v) is 12.4. The normalized spacial score (nSPS) is 8.26. The first-order chi connectivity index (χ1) is 40.6. The largest absolute Gasteiger partial charge is 0.388 e. The van der Waals surface area contributed by atoms with Crippen LogP contribution in [0.3, 0.4) is 0 Å². The lowest BCUT2D eigenvalue weighted by Gasteiger charge is -1.92. The predicted octanol–water partition coefficient (Wildman–Crippen LogP) is 33.7. The third-order valence-electron chi connectivity index (χ3n) is 12.4. The van der Waals surface area contributed by atoms with E-state index in [2.05, 4.69) is 380 Å². The van der Waals surface area contributed by atoms with Crippen LogP contribution in [0.2, 0.25) is 0 Å². The van der Waals surface area contributed by atoms with Crippen molar-refractivity contribution in [3.63, 3.8) is 0 Å². The Kier molecular flexibility index (Phi) is 116. The van der Waals surface area contributed by atoms with Crippen molar-refractivity contribution >= 4 is 82.4 Å². The van der Waals surface area contributed by atoms with Crippen molar-refractivity contribution in [2.45, 2.75) is 224 Å². The molecule has 0 atom stereocenters. The fraction of sp³-hybridized carbons (Fsp3) is 0.451. The van der Waals surface area contributed by atoms with Crippen molar-refractivity contribution in [3.8, 4) is 0 Å². The molecule has 1 nitrogen and oxygen atoms in total. The van der Waals surface area contributed by atoms with Crippen LogP contribution in [0.5, 0.6) is 0 Å². The van der Waals surface area contributed by atoms with E-state index in [0.29, 0.717) is 0 Å². The summed E-state index contributed by atoms with van der Waals surface area (Å²) in [7, 11) is 3.25. The molecule has 0 heterocycles. The van der Waals surface area contributed by atoms with Gasteiger partial charge in [0.15, 0.2) is 0 Å². The van der Waals surface area contributed by atoms with Gasteiger partial charge in [-0.2, -0.15) is 12.6 Å². The molecular weight excluding hydrogens is 1220 g/mol. The van der Waals surface area contributed by atoms with E-state index in [-0.39, 0.29) is 74.3 Å². The molecule has 0 fully saturated rings. The van der Waals surface area contributed by atoms with Crippen LogP contribution >= 0.6 is 28.6 Å². The Morgan fingerprint density at radius 2 is 0.266 bits per heavy atom. The molecule has 0 amide bonds. The zero-order chi connectivity index (χ0) is 64.2. The van der Waals surface area contributed by atoms with Gasteiger partial charge in [0.1, 0.15) is 0 Å². The fourth-order valence-electron chi connectivity index (χ4n) is 5.66. The lowest BCUT2D eigenvalue weighted by molar-refractivity contribution is 0.277. The molecule has 0 bridgehead atoms. The van der Waals surface area contributed by atoms with E-state index in [4.69, 9.17) is 0 Å². The second-order valence-corrected chi connectivity index (χ2v) is 21.2. The molecular formula is C91H159BrOS. The van der Waals surface area contributed by atoms with E-state index in [1.54, 1.807) is 20.5 Å². The molecule has 0 spiro atoms. The highest BCUT2D eigenvalue weighted by Crippen LogP contribution is 2.15. The molecule has 10 aromatic rings. The molecule has 3 heteroatoms. The second kappa shape index (κ2) is 89.3. The summed E-state index contributed by atoms with van der Waals surface area (Å²) in [5.74, 6) is 6.23. The summed E-state index contributed by atoms with van der Waals surface area (Å²) in [4.78, 5) is 0. The maximum Gasteiger partial charge on any atom is 0.0351 e. The molecule has 0 saturated carbocycles. The van der Waals surface area contributed by atoms with Crippen molar-refractivity contribution in [2.24, 2.45) is 29.6 Å². The molecule has 0 unspecified atom stereocenters. The van der Waals surface area contributed by atoms with Gasteiger partial charge in [0.2, 0.25) is 0 Å². The van der Waals surface area contributed by atoms with Crippen LogP contribution in [-0.2, 0) is 4.74 Å². The number of ether oxygens (including phenoxy) is 1.